The summed E-state index contributed by atoms with van der Waals surface area (Å²) in [5, 5.41) is 5.56. The van der Waals surface area contributed by atoms with E-state index in [0.717, 1.165) is 36.8 Å². The van der Waals surface area contributed by atoms with Crippen molar-refractivity contribution in [3.63, 3.8) is 0 Å². The zero-order valence-corrected chi connectivity index (χ0v) is 15.7. The summed E-state index contributed by atoms with van der Waals surface area (Å²) in [6.07, 6.45) is 7.95. The highest BCUT2D eigenvalue weighted by Crippen LogP contribution is 2.32. The first kappa shape index (κ1) is 17.9. The average molecular weight is 385 g/mol. The molecule has 0 N–H and O–H groups in total. The molecule has 6 nitrogen and oxygen atoms in total. The number of carbonyl (C=O) groups is 1. The van der Waals surface area contributed by atoms with Gasteiger partial charge in [-0.3, -0.25) is 0 Å². The SMILES string of the molecule is O=C(OCC1CCCCC1Cn1ncc2cnc(Cl)nc21)c1ccccc1. The quantitative estimate of drug-likeness (QED) is 0.488. The Morgan fingerprint density at radius 1 is 1.15 bits per heavy atom. The van der Waals surface area contributed by atoms with E-state index in [2.05, 4.69) is 15.1 Å². The van der Waals surface area contributed by atoms with Crippen LogP contribution < -0.4 is 0 Å². The van der Waals surface area contributed by atoms with E-state index in [-0.39, 0.29) is 11.3 Å². The Labute approximate surface area is 162 Å². The van der Waals surface area contributed by atoms with E-state index in [9.17, 15) is 4.79 Å². The van der Waals surface area contributed by atoms with Gasteiger partial charge in [-0.1, -0.05) is 31.0 Å². The van der Waals surface area contributed by atoms with Crippen molar-refractivity contribution in [2.75, 3.05) is 6.61 Å². The third-order valence-electron chi connectivity index (χ3n) is 5.26. The topological polar surface area (TPSA) is 69.9 Å². The van der Waals surface area contributed by atoms with Crippen LogP contribution in [0.4, 0.5) is 0 Å². The fraction of sp³-hybridized carbons (Fsp3) is 0.400. The van der Waals surface area contributed by atoms with Crippen molar-refractivity contribution in [3.05, 3.63) is 53.6 Å². The van der Waals surface area contributed by atoms with Crippen molar-refractivity contribution in [1.29, 1.82) is 0 Å². The van der Waals surface area contributed by atoms with Crippen molar-refractivity contribution in [2.45, 2.75) is 32.2 Å². The van der Waals surface area contributed by atoms with Gasteiger partial charge in [-0.25, -0.2) is 14.5 Å². The Kier molecular flexibility index (Phi) is 5.34. The molecular weight excluding hydrogens is 364 g/mol. The van der Waals surface area contributed by atoms with Crippen molar-refractivity contribution < 1.29 is 9.53 Å². The summed E-state index contributed by atoms with van der Waals surface area (Å²) < 4.78 is 7.50. The van der Waals surface area contributed by atoms with E-state index >= 15 is 0 Å². The summed E-state index contributed by atoms with van der Waals surface area (Å²) >= 11 is 5.94. The number of esters is 1. The lowest BCUT2D eigenvalue weighted by molar-refractivity contribution is 0.0324. The van der Waals surface area contributed by atoms with Crippen molar-refractivity contribution in [2.24, 2.45) is 11.8 Å². The van der Waals surface area contributed by atoms with Gasteiger partial charge >= 0.3 is 5.97 Å². The zero-order chi connectivity index (χ0) is 18.6. The molecule has 2 aromatic heterocycles. The normalized spacial score (nSPS) is 19.9. The molecule has 1 aromatic carbocycles. The molecule has 7 heteroatoms. The Hall–Kier alpha value is -2.47. The molecule has 27 heavy (non-hydrogen) atoms. The highest BCUT2D eigenvalue weighted by molar-refractivity contribution is 6.28. The molecule has 0 spiro atoms. The molecule has 4 rings (SSSR count). The number of rotatable bonds is 5. The second-order valence-electron chi connectivity index (χ2n) is 7.01. The van der Waals surface area contributed by atoms with Gasteiger partial charge in [0.25, 0.3) is 0 Å². The van der Waals surface area contributed by atoms with Gasteiger partial charge in [0.05, 0.1) is 23.8 Å². The number of aromatic nitrogens is 4. The van der Waals surface area contributed by atoms with Crippen molar-refractivity contribution >= 4 is 28.6 Å². The molecule has 0 saturated heterocycles. The monoisotopic (exact) mass is 384 g/mol. The van der Waals surface area contributed by atoms with Gasteiger partial charge in [0.1, 0.15) is 0 Å². The molecule has 2 atom stereocenters. The van der Waals surface area contributed by atoms with Crippen molar-refractivity contribution in [3.8, 4) is 0 Å². The molecule has 1 saturated carbocycles. The summed E-state index contributed by atoms with van der Waals surface area (Å²) in [5.41, 5.74) is 1.34. The van der Waals surface area contributed by atoms with Crippen molar-refractivity contribution in [1.82, 2.24) is 19.7 Å². The third kappa shape index (κ3) is 4.11. The molecule has 140 valence electrons. The van der Waals surface area contributed by atoms with Crippen LogP contribution in [0.25, 0.3) is 11.0 Å². The fourth-order valence-corrected chi connectivity index (χ4v) is 3.91. The third-order valence-corrected chi connectivity index (χ3v) is 5.44. The van der Waals surface area contributed by atoms with E-state index in [1.54, 1.807) is 24.5 Å². The molecule has 0 aliphatic heterocycles. The van der Waals surface area contributed by atoms with Crippen LogP contribution in [0.2, 0.25) is 5.28 Å². The molecule has 1 aliphatic rings. The summed E-state index contributed by atoms with van der Waals surface area (Å²) in [6.45, 7) is 1.18. The second kappa shape index (κ2) is 8.05. The van der Waals surface area contributed by atoms with Crippen LogP contribution in [0.3, 0.4) is 0 Å². The Balaban J connectivity index is 1.44. The lowest BCUT2D eigenvalue weighted by Crippen LogP contribution is -2.29. The summed E-state index contributed by atoms with van der Waals surface area (Å²) in [6, 6.07) is 9.13. The van der Waals surface area contributed by atoms with Gasteiger partial charge in [-0.15, -0.1) is 0 Å². The van der Waals surface area contributed by atoms with Gasteiger partial charge in [0, 0.05) is 12.7 Å². The molecule has 2 unspecified atom stereocenters. The standard InChI is InChI=1S/C20H21ClN4O2/c21-20-22-10-17-11-23-25(18(17)24-20)12-15-8-4-5-9-16(15)13-27-19(26)14-6-2-1-3-7-14/h1-3,6-7,10-11,15-16H,4-5,8-9,12-13H2. The van der Waals surface area contributed by atoms with Crippen LogP contribution in [0.1, 0.15) is 36.0 Å². The first-order chi connectivity index (χ1) is 13.2. The van der Waals surface area contributed by atoms with Gasteiger partial charge < -0.3 is 4.74 Å². The predicted molar refractivity (Wildman–Crippen MR) is 103 cm³/mol. The van der Waals surface area contributed by atoms with E-state index in [1.165, 1.54) is 6.42 Å². The number of hydrogen-bond acceptors (Lipinski definition) is 5. The molecular formula is C20H21ClN4O2. The maximum atomic E-state index is 12.3. The maximum Gasteiger partial charge on any atom is 0.338 e. The minimum absolute atomic E-state index is 0.223. The van der Waals surface area contributed by atoms with E-state index in [0.29, 0.717) is 24.0 Å². The number of halogens is 1. The van der Waals surface area contributed by atoms with E-state index in [1.807, 2.05) is 22.9 Å². The lowest BCUT2D eigenvalue weighted by Gasteiger charge is -2.31. The smallest absolute Gasteiger partial charge is 0.338 e. The number of fused-ring (bicyclic) bond motifs is 1. The number of carbonyl (C=O) groups excluding carboxylic acids is 1. The largest absolute Gasteiger partial charge is 0.462 e. The van der Waals surface area contributed by atoms with Crippen LogP contribution in [0.5, 0.6) is 0 Å². The zero-order valence-electron chi connectivity index (χ0n) is 14.9. The Morgan fingerprint density at radius 2 is 1.93 bits per heavy atom. The average Bonchev–Trinajstić information content (AvgIpc) is 3.09. The first-order valence-electron chi connectivity index (χ1n) is 9.27. The van der Waals surface area contributed by atoms with Crippen LogP contribution in [0.15, 0.2) is 42.7 Å². The summed E-state index contributed by atoms with van der Waals surface area (Å²) in [7, 11) is 0. The lowest BCUT2D eigenvalue weighted by atomic mass is 9.79. The minimum Gasteiger partial charge on any atom is -0.462 e. The molecule has 0 bridgehead atoms. The highest BCUT2D eigenvalue weighted by Gasteiger charge is 2.27. The minimum atomic E-state index is -0.260. The number of nitrogens with zero attached hydrogens (tertiary/aromatic N) is 4. The molecule has 1 aliphatic carbocycles. The highest BCUT2D eigenvalue weighted by atomic mass is 35.5. The van der Waals surface area contributed by atoms with Crippen LogP contribution in [0, 0.1) is 11.8 Å². The summed E-state index contributed by atoms with van der Waals surface area (Å²) in [5.74, 6) is 0.450. The van der Waals surface area contributed by atoms with Crippen LogP contribution in [-0.2, 0) is 11.3 Å². The molecule has 2 heterocycles. The van der Waals surface area contributed by atoms with E-state index in [4.69, 9.17) is 16.3 Å². The van der Waals surface area contributed by atoms with Gasteiger partial charge in [0.15, 0.2) is 5.65 Å². The van der Waals surface area contributed by atoms with Gasteiger partial charge in [0.2, 0.25) is 5.28 Å². The molecule has 3 aromatic rings. The van der Waals surface area contributed by atoms with Gasteiger partial charge in [-0.2, -0.15) is 10.1 Å². The number of benzene rings is 1. The number of hydrogen-bond donors (Lipinski definition) is 0. The first-order valence-corrected chi connectivity index (χ1v) is 9.65. The number of ether oxygens (including phenoxy) is 1. The van der Waals surface area contributed by atoms with Gasteiger partial charge in [-0.05, 0) is 48.4 Å². The predicted octanol–water partition coefficient (Wildman–Crippen LogP) is 4.14. The second-order valence-corrected chi connectivity index (χ2v) is 7.35. The Morgan fingerprint density at radius 3 is 2.74 bits per heavy atom. The van der Waals surface area contributed by atoms with Crippen LogP contribution >= 0.6 is 11.6 Å². The van der Waals surface area contributed by atoms with E-state index < -0.39 is 0 Å². The molecule has 1 fully saturated rings. The summed E-state index contributed by atoms with van der Waals surface area (Å²) in [4.78, 5) is 20.6. The Bertz CT molecular complexity index is 928. The fourth-order valence-electron chi connectivity index (χ4n) is 3.79. The molecule has 0 radical (unpaired) electrons. The molecule has 0 amide bonds. The maximum absolute atomic E-state index is 12.3. The van der Waals surface area contributed by atoms with Crippen LogP contribution in [-0.4, -0.2) is 32.3 Å².